The van der Waals surface area contributed by atoms with Crippen LogP contribution in [0, 0.1) is 0 Å². The number of aromatic nitrogens is 2. The molecule has 1 fully saturated rings. The minimum atomic E-state index is -0.242. The van der Waals surface area contributed by atoms with Crippen LogP contribution in [-0.2, 0) is 0 Å². The molecule has 2 heterocycles. The van der Waals surface area contributed by atoms with Crippen LogP contribution in [0.1, 0.15) is 45.2 Å². The summed E-state index contributed by atoms with van der Waals surface area (Å²) in [6.07, 6.45) is 2.12. The number of fused-ring (bicyclic) bond motifs is 1. The molecule has 2 aromatic carbocycles. The van der Waals surface area contributed by atoms with E-state index in [1.807, 2.05) is 54.6 Å². The average molecular weight is 426 g/mol. The summed E-state index contributed by atoms with van der Waals surface area (Å²) in [6, 6.07) is 20.4. The first-order chi connectivity index (χ1) is 15.7. The van der Waals surface area contributed by atoms with E-state index in [-0.39, 0.29) is 11.8 Å². The van der Waals surface area contributed by atoms with Gasteiger partial charge in [-0.1, -0.05) is 53.7 Å². The average Bonchev–Trinajstić information content (AvgIpc) is 3.61. The highest BCUT2D eigenvalue weighted by Crippen LogP contribution is 2.41. The van der Waals surface area contributed by atoms with Crippen LogP contribution >= 0.6 is 0 Å². The third-order valence-corrected chi connectivity index (χ3v) is 5.49. The number of carbonyl (C=O) groups excluding carboxylic acids is 2. The summed E-state index contributed by atoms with van der Waals surface area (Å²) >= 11 is 0. The maximum atomic E-state index is 13.1. The van der Waals surface area contributed by atoms with Crippen LogP contribution in [0.5, 0.6) is 0 Å². The van der Waals surface area contributed by atoms with Crippen molar-refractivity contribution < 1.29 is 14.1 Å². The minimum absolute atomic E-state index is 0.174. The van der Waals surface area contributed by atoms with E-state index >= 15 is 0 Å². The third-order valence-electron chi connectivity index (χ3n) is 5.49. The van der Waals surface area contributed by atoms with Crippen LogP contribution in [0.15, 0.2) is 71.3 Å². The molecule has 160 valence electrons. The van der Waals surface area contributed by atoms with E-state index in [1.165, 1.54) is 0 Å². The summed E-state index contributed by atoms with van der Waals surface area (Å²) in [7, 11) is 0. The number of pyridine rings is 1. The Morgan fingerprint density at radius 1 is 0.906 bits per heavy atom. The second-order valence-electron chi connectivity index (χ2n) is 7.82. The van der Waals surface area contributed by atoms with E-state index in [0.717, 1.165) is 24.1 Å². The third kappa shape index (κ3) is 4.09. The second-order valence-corrected chi connectivity index (χ2v) is 7.82. The van der Waals surface area contributed by atoms with Gasteiger partial charge in [0.1, 0.15) is 5.69 Å². The van der Waals surface area contributed by atoms with Crippen LogP contribution in [0.2, 0.25) is 0 Å². The fourth-order valence-corrected chi connectivity index (χ4v) is 3.67. The van der Waals surface area contributed by atoms with Crippen molar-refractivity contribution in [2.75, 3.05) is 13.1 Å². The van der Waals surface area contributed by atoms with Crippen LogP contribution in [0.4, 0.5) is 0 Å². The lowest BCUT2D eigenvalue weighted by Gasteiger charge is -2.09. The molecule has 5 rings (SSSR count). The molecule has 0 atom stereocenters. The molecule has 0 unspecified atom stereocenters. The molecule has 0 spiro atoms. The Kier molecular flexibility index (Phi) is 5.37. The van der Waals surface area contributed by atoms with Gasteiger partial charge in [-0.25, -0.2) is 4.98 Å². The predicted octanol–water partition coefficient (Wildman–Crippen LogP) is 3.93. The first-order valence-corrected chi connectivity index (χ1v) is 10.7. The van der Waals surface area contributed by atoms with E-state index in [9.17, 15) is 9.59 Å². The molecule has 0 saturated heterocycles. The molecule has 1 aliphatic rings. The summed E-state index contributed by atoms with van der Waals surface area (Å²) < 4.78 is 5.52. The van der Waals surface area contributed by atoms with E-state index in [1.54, 1.807) is 12.1 Å². The molecule has 2 aromatic heterocycles. The molecule has 0 radical (unpaired) electrons. The van der Waals surface area contributed by atoms with Gasteiger partial charge < -0.3 is 15.2 Å². The van der Waals surface area contributed by atoms with Crippen molar-refractivity contribution in [2.24, 2.45) is 0 Å². The Balaban J connectivity index is 1.35. The van der Waals surface area contributed by atoms with Crippen molar-refractivity contribution in [1.82, 2.24) is 20.8 Å². The van der Waals surface area contributed by atoms with E-state index in [0.29, 0.717) is 46.9 Å². The first kappa shape index (κ1) is 19.9. The van der Waals surface area contributed by atoms with E-state index in [2.05, 4.69) is 20.8 Å². The Labute approximate surface area is 184 Å². The van der Waals surface area contributed by atoms with Crippen molar-refractivity contribution in [3.05, 3.63) is 83.6 Å². The van der Waals surface area contributed by atoms with Gasteiger partial charge in [-0.3, -0.25) is 9.59 Å². The smallest absolute Gasteiger partial charge is 0.259 e. The van der Waals surface area contributed by atoms with Crippen LogP contribution in [0.25, 0.3) is 22.4 Å². The van der Waals surface area contributed by atoms with Gasteiger partial charge in [0, 0.05) is 35.8 Å². The van der Waals surface area contributed by atoms with Gasteiger partial charge >= 0.3 is 0 Å². The Morgan fingerprint density at radius 2 is 1.56 bits per heavy atom. The maximum Gasteiger partial charge on any atom is 0.259 e. The Bertz CT molecular complexity index is 1260. The SMILES string of the molecule is O=C(NCCNC(=O)c1cc(C2CC2)nc2onc(-c3ccccc3)c12)c1ccccc1. The largest absolute Gasteiger partial charge is 0.350 e. The Hall–Kier alpha value is -4.00. The van der Waals surface area contributed by atoms with Gasteiger partial charge in [0.15, 0.2) is 0 Å². The molecule has 1 aliphatic carbocycles. The number of hydrogen-bond donors (Lipinski definition) is 2. The zero-order valence-corrected chi connectivity index (χ0v) is 17.4. The van der Waals surface area contributed by atoms with Gasteiger partial charge in [0.05, 0.1) is 10.9 Å². The zero-order chi connectivity index (χ0) is 21.9. The molecular weight excluding hydrogens is 404 g/mol. The summed E-state index contributed by atoms with van der Waals surface area (Å²) in [5.41, 5.74) is 3.76. The second kappa shape index (κ2) is 8.63. The van der Waals surface area contributed by atoms with Crippen LogP contribution < -0.4 is 10.6 Å². The number of nitrogens with zero attached hydrogens (tertiary/aromatic N) is 2. The lowest BCUT2D eigenvalue weighted by atomic mass is 10.0. The summed E-state index contributed by atoms with van der Waals surface area (Å²) in [6.45, 7) is 0.615. The highest BCUT2D eigenvalue weighted by Gasteiger charge is 2.29. The van der Waals surface area contributed by atoms with Crippen molar-refractivity contribution >= 4 is 22.9 Å². The van der Waals surface area contributed by atoms with Gasteiger partial charge in [-0.15, -0.1) is 0 Å². The molecule has 7 heteroatoms. The fourth-order valence-electron chi connectivity index (χ4n) is 3.67. The molecule has 0 aliphatic heterocycles. The quantitative estimate of drug-likeness (QED) is 0.437. The molecule has 4 aromatic rings. The zero-order valence-electron chi connectivity index (χ0n) is 17.4. The van der Waals surface area contributed by atoms with E-state index < -0.39 is 0 Å². The van der Waals surface area contributed by atoms with Gasteiger partial charge in [0.25, 0.3) is 17.5 Å². The molecule has 32 heavy (non-hydrogen) atoms. The van der Waals surface area contributed by atoms with Crippen LogP contribution in [0.3, 0.4) is 0 Å². The molecule has 7 nitrogen and oxygen atoms in total. The van der Waals surface area contributed by atoms with E-state index in [4.69, 9.17) is 4.52 Å². The summed E-state index contributed by atoms with van der Waals surface area (Å²) in [4.78, 5) is 29.9. The van der Waals surface area contributed by atoms with Gasteiger partial charge in [-0.2, -0.15) is 0 Å². The summed E-state index contributed by atoms with van der Waals surface area (Å²) in [5, 5.41) is 10.5. The van der Waals surface area contributed by atoms with Gasteiger partial charge in [-0.05, 0) is 31.0 Å². The number of nitrogens with one attached hydrogen (secondary N) is 2. The lowest BCUT2D eigenvalue weighted by molar-refractivity contribution is 0.0928. The van der Waals surface area contributed by atoms with Crippen LogP contribution in [-0.4, -0.2) is 35.0 Å². The molecule has 2 amide bonds. The molecule has 0 bridgehead atoms. The fraction of sp³-hybridized carbons (Fsp3) is 0.200. The maximum absolute atomic E-state index is 13.1. The van der Waals surface area contributed by atoms with Crippen molar-refractivity contribution in [2.45, 2.75) is 18.8 Å². The van der Waals surface area contributed by atoms with Crippen molar-refractivity contribution in [3.8, 4) is 11.3 Å². The molecular formula is C25H22N4O3. The summed E-state index contributed by atoms with van der Waals surface area (Å²) in [5.74, 6) is -0.0532. The first-order valence-electron chi connectivity index (χ1n) is 10.7. The topological polar surface area (TPSA) is 97.1 Å². The Morgan fingerprint density at radius 3 is 2.25 bits per heavy atom. The number of benzene rings is 2. The molecule has 2 N–H and O–H groups in total. The van der Waals surface area contributed by atoms with Crippen molar-refractivity contribution in [3.63, 3.8) is 0 Å². The minimum Gasteiger partial charge on any atom is -0.350 e. The highest BCUT2D eigenvalue weighted by molar-refractivity contribution is 6.09. The number of carbonyl (C=O) groups is 2. The normalized spacial score (nSPS) is 13.1. The number of hydrogen-bond acceptors (Lipinski definition) is 5. The highest BCUT2D eigenvalue weighted by atomic mass is 16.5. The van der Waals surface area contributed by atoms with Crippen molar-refractivity contribution in [1.29, 1.82) is 0 Å². The standard InChI is InChI=1S/C25H22N4O3/c30-23(18-9-5-2-6-10-18)26-13-14-27-24(31)19-15-20(16-11-12-16)28-25-21(19)22(29-32-25)17-7-3-1-4-8-17/h1-10,15-16H,11-14H2,(H,26,30)(H,27,31). The number of rotatable bonds is 7. The lowest BCUT2D eigenvalue weighted by Crippen LogP contribution is -2.34. The molecule has 1 saturated carbocycles. The van der Waals surface area contributed by atoms with Gasteiger partial charge in [0.2, 0.25) is 0 Å². The monoisotopic (exact) mass is 426 g/mol. The predicted molar refractivity (Wildman–Crippen MR) is 120 cm³/mol. The number of amides is 2.